The lowest BCUT2D eigenvalue weighted by atomic mass is 10.3. The molecule has 5 nitrogen and oxygen atoms in total. The molecular weight excluding hydrogens is 214 g/mol. The molecule has 6 heteroatoms. The fourth-order valence-corrected chi connectivity index (χ4v) is 2.26. The Bertz CT molecular complexity index is 397. The van der Waals surface area contributed by atoms with Crippen LogP contribution in [0.5, 0.6) is 0 Å². The highest BCUT2D eigenvalue weighted by atomic mass is 32.2. The summed E-state index contributed by atoms with van der Waals surface area (Å²) in [6, 6.07) is 0. The zero-order valence-corrected chi connectivity index (χ0v) is 9.50. The van der Waals surface area contributed by atoms with Crippen molar-refractivity contribution in [2.45, 2.75) is 17.7 Å². The highest BCUT2D eigenvalue weighted by Crippen LogP contribution is 2.12. The molecule has 0 atom stereocenters. The Hall–Kier alpha value is -1.14. The van der Waals surface area contributed by atoms with E-state index in [4.69, 9.17) is 0 Å². The van der Waals surface area contributed by atoms with E-state index in [1.54, 1.807) is 13.1 Å². The molecule has 0 aromatic carbocycles. The molecule has 1 N–H and O–H groups in total. The number of nitrogens with one attached hydrogen (secondary N) is 1. The zero-order valence-electron chi connectivity index (χ0n) is 8.68. The number of hydrogen-bond acceptors (Lipinski definition) is 3. The molecule has 0 aliphatic heterocycles. The van der Waals surface area contributed by atoms with Crippen LogP contribution in [-0.4, -0.2) is 36.5 Å². The van der Waals surface area contributed by atoms with Gasteiger partial charge in [0.2, 0.25) is 10.0 Å². The summed E-state index contributed by atoms with van der Waals surface area (Å²) in [5, 5.41) is 6.11. The van der Waals surface area contributed by atoms with Gasteiger partial charge in [0.1, 0.15) is 4.90 Å². The number of rotatable bonds is 6. The summed E-state index contributed by atoms with van der Waals surface area (Å²) >= 11 is 0. The van der Waals surface area contributed by atoms with Crippen LogP contribution in [0.15, 0.2) is 29.9 Å². The predicted molar refractivity (Wildman–Crippen MR) is 57.8 cm³/mol. The Balaban J connectivity index is 2.66. The molecule has 0 radical (unpaired) electrons. The lowest BCUT2D eigenvalue weighted by Gasteiger charge is -2.14. The van der Waals surface area contributed by atoms with Crippen LogP contribution < -0.4 is 0 Å². The Kier molecular flexibility index (Phi) is 4.05. The lowest BCUT2D eigenvalue weighted by molar-refractivity contribution is 0.463. The van der Waals surface area contributed by atoms with E-state index < -0.39 is 10.0 Å². The van der Waals surface area contributed by atoms with E-state index in [1.165, 1.54) is 16.7 Å². The number of nitrogens with zero attached hydrogens (tertiary/aromatic N) is 2. The third-order valence-electron chi connectivity index (χ3n) is 2.06. The predicted octanol–water partition coefficient (Wildman–Crippen LogP) is 0.996. The molecule has 0 saturated carbocycles. The van der Waals surface area contributed by atoms with E-state index in [1.807, 2.05) is 0 Å². The molecule has 1 rings (SSSR count). The van der Waals surface area contributed by atoms with E-state index in [0.717, 1.165) is 12.8 Å². The summed E-state index contributed by atoms with van der Waals surface area (Å²) in [6.07, 6.45) is 6.04. The monoisotopic (exact) mass is 229 g/mol. The minimum atomic E-state index is -3.37. The number of aromatic nitrogens is 2. The van der Waals surface area contributed by atoms with Gasteiger partial charge in [-0.2, -0.15) is 5.10 Å². The van der Waals surface area contributed by atoms with Crippen molar-refractivity contribution in [2.24, 2.45) is 0 Å². The minimum absolute atomic E-state index is 0.198. The standard InChI is InChI=1S/C9H15N3O2S/c1-3-4-5-6-12(2)15(13,14)9-7-10-11-8-9/h3,7-8H,1,4-6H2,2H3,(H,10,11). The summed E-state index contributed by atoms with van der Waals surface area (Å²) in [7, 11) is -1.81. The van der Waals surface area contributed by atoms with Crippen molar-refractivity contribution in [3.05, 3.63) is 25.0 Å². The molecule has 0 unspecified atom stereocenters. The van der Waals surface area contributed by atoms with E-state index in [0.29, 0.717) is 6.54 Å². The third kappa shape index (κ3) is 2.90. The first kappa shape index (κ1) is 11.9. The molecule has 1 aromatic rings. The maximum Gasteiger partial charge on any atom is 0.245 e. The van der Waals surface area contributed by atoms with Gasteiger partial charge >= 0.3 is 0 Å². The molecular formula is C9H15N3O2S. The van der Waals surface area contributed by atoms with Crippen molar-refractivity contribution in [1.29, 1.82) is 0 Å². The molecule has 0 saturated heterocycles. The molecule has 0 aliphatic carbocycles. The highest BCUT2D eigenvalue weighted by molar-refractivity contribution is 7.89. The van der Waals surface area contributed by atoms with Crippen molar-refractivity contribution in [1.82, 2.24) is 14.5 Å². The number of H-pyrrole nitrogens is 1. The van der Waals surface area contributed by atoms with Gasteiger partial charge in [0, 0.05) is 19.8 Å². The van der Waals surface area contributed by atoms with Crippen molar-refractivity contribution >= 4 is 10.0 Å². The number of hydrogen-bond donors (Lipinski definition) is 1. The average Bonchev–Trinajstić information content (AvgIpc) is 2.71. The first-order valence-corrected chi connectivity index (χ1v) is 6.09. The average molecular weight is 229 g/mol. The van der Waals surface area contributed by atoms with Gasteiger partial charge in [-0.3, -0.25) is 5.10 Å². The first-order chi connectivity index (χ1) is 7.09. The molecule has 1 heterocycles. The molecule has 1 aromatic heterocycles. The van der Waals surface area contributed by atoms with Gasteiger partial charge < -0.3 is 0 Å². The number of allylic oxidation sites excluding steroid dienone is 1. The quantitative estimate of drug-likeness (QED) is 0.584. The second kappa shape index (κ2) is 5.09. The summed E-state index contributed by atoms with van der Waals surface area (Å²) in [4.78, 5) is 0.198. The SMILES string of the molecule is C=CCCCN(C)S(=O)(=O)c1cn[nH]c1. The van der Waals surface area contributed by atoms with Crippen molar-refractivity contribution in [3.8, 4) is 0 Å². The summed E-state index contributed by atoms with van der Waals surface area (Å²) in [6.45, 7) is 4.07. The van der Waals surface area contributed by atoms with Crippen LogP contribution in [0.2, 0.25) is 0 Å². The van der Waals surface area contributed by atoms with Crippen LogP contribution in [0.25, 0.3) is 0 Å². The van der Waals surface area contributed by atoms with Crippen molar-refractivity contribution < 1.29 is 8.42 Å². The van der Waals surface area contributed by atoms with E-state index in [9.17, 15) is 8.42 Å². The zero-order chi connectivity index (χ0) is 11.3. The number of unbranched alkanes of at least 4 members (excludes halogenated alkanes) is 1. The number of aromatic amines is 1. The molecule has 0 spiro atoms. The van der Waals surface area contributed by atoms with Crippen LogP contribution in [0.4, 0.5) is 0 Å². The van der Waals surface area contributed by atoms with Gasteiger partial charge in [-0.25, -0.2) is 12.7 Å². The first-order valence-electron chi connectivity index (χ1n) is 4.65. The second-order valence-corrected chi connectivity index (χ2v) is 5.24. The van der Waals surface area contributed by atoms with Crippen molar-refractivity contribution in [3.63, 3.8) is 0 Å². The normalized spacial score (nSPS) is 11.9. The van der Waals surface area contributed by atoms with Crippen LogP contribution in [0.3, 0.4) is 0 Å². The van der Waals surface area contributed by atoms with Crippen LogP contribution >= 0.6 is 0 Å². The van der Waals surface area contributed by atoms with Crippen LogP contribution in [0, 0.1) is 0 Å². The van der Waals surface area contributed by atoms with E-state index in [-0.39, 0.29) is 4.90 Å². The van der Waals surface area contributed by atoms with Gasteiger partial charge in [-0.05, 0) is 12.8 Å². The van der Waals surface area contributed by atoms with E-state index in [2.05, 4.69) is 16.8 Å². The second-order valence-electron chi connectivity index (χ2n) is 3.19. The molecule has 0 aliphatic rings. The Labute approximate surface area is 89.8 Å². The van der Waals surface area contributed by atoms with Gasteiger partial charge in [-0.1, -0.05) is 6.08 Å². The largest absolute Gasteiger partial charge is 0.284 e. The van der Waals surface area contributed by atoms with Crippen LogP contribution in [-0.2, 0) is 10.0 Å². The van der Waals surface area contributed by atoms with Crippen molar-refractivity contribution in [2.75, 3.05) is 13.6 Å². The molecule has 0 bridgehead atoms. The molecule has 84 valence electrons. The fraction of sp³-hybridized carbons (Fsp3) is 0.444. The minimum Gasteiger partial charge on any atom is -0.284 e. The maximum atomic E-state index is 11.8. The maximum absolute atomic E-state index is 11.8. The third-order valence-corrected chi connectivity index (χ3v) is 3.88. The van der Waals surface area contributed by atoms with E-state index >= 15 is 0 Å². The Morgan fingerprint density at radius 1 is 1.67 bits per heavy atom. The van der Waals surface area contributed by atoms with Gasteiger partial charge in [0.15, 0.2) is 0 Å². The fourth-order valence-electron chi connectivity index (χ4n) is 1.14. The molecule has 0 fully saturated rings. The molecule has 15 heavy (non-hydrogen) atoms. The summed E-state index contributed by atoms with van der Waals surface area (Å²) in [5.41, 5.74) is 0. The van der Waals surface area contributed by atoms with Gasteiger partial charge in [0.25, 0.3) is 0 Å². The van der Waals surface area contributed by atoms with Crippen LogP contribution in [0.1, 0.15) is 12.8 Å². The Morgan fingerprint density at radius 2 is 2.40 bits per heavy atom. The van der Waals surface area contributed by atoms with Gasteiger partial charge in [-0.15, -0.1) is 6.58 Å². The van der Waals surface area contributed by atoms with Gasteiger partial charge in [0.05, 0.1) is 6.20 Å². The molecule has 0 amide bonds. The Morgan fingerprint density at radius 3 is 2.93 bits per heavy atom. The smallest absolute Gasteiger partial charge is 0.245 e. The lowest BCUT2D eigenvalue weighted by Crippen LogP contribution is -2.27. The topological polar surface area (TPSA) is 66.1 Å². The number of sulfonamides is 1. The summed E-state index contributed by atoms with van der Waals surface area (Å²) < 4.78 is 25.0. The summed E-state index contributed by atoms with van der Waals surface area (Å²) in [5.74, 6) is 0. The highest BCUT2D eigenvalue weighted by Gasteiger charge is 2.20.